The van der Waals surface area contributed by atoms with Crippen LogP contribution in [0.15, 0.2) is 33.4 Å². The summed E-state index contributed by atoms with van der Waals surface area (Å²) in [6.45, 7) is 2.95. The number of carboxylic acid groups (broad SMARTS) is 2. The summed E-state index contributed by atoms with van der Waals surface area (Å²) in [6.07, 6.45) is 3.49. The number of aliphatic carboxylic acids is 2. The first kappa shape index (κ1) is 27.8. The van der Waals surface area contributed by atoms with Gasteiger partial charge in [0.15, 0.2) is 10.8 Å². The zero-order valence-corrected chi connectivity index (χ0v) is 22.1. The Hall–Kier alpha value is -3.76. The van der Waals surface area contributed by atoms with Crippen LogP contribution < -0.4 is 11.1 Å². The molecule has 2 amide bonds. The van der Waals surface area contributed by atoms with Crippen LogP contribution in [0.3, 0.4) is 0 Å². The fraction of sp³-hybridized carbons (Fsp3) is 0.286. The number of carboxylic acids is 2. The number of carbonyl (C=O) groups excluding carboxylic acids is 2. The van der Waals surface area contributed by atoms with Gasteiger partial charge < -0.3 is 26.1 Å². The van der Waals surface area contributed by atoms with Crippen molar-refractivity contribution < 1.29 is 34.2 Å². The molecule has 4 rings (SSSR count). The molecule has 0 spiro atoms. The highest BCUT2D eigenvalue weighted by Crippen LogP contribution is 2.41. The van der Waals surface area contributed by atoms with Gasteiger partial charge in [0.1, 0.15) is 29.9 Å². The van der Waals surface area contributed by atoms with Gasteiger partial charge in [-0.1, -0.05) is 11.2 Å². The van der Waals surface area contributed by atoms with Gasteiger partial charge in [-0.15, -0.1) is 34.4 Å². The fourth-order valence-corrected chi connectivity index (χ4v) is 5.88. The van der Waals surface area contributed by atoms with Gasteiger partial charge in [0, 0.05) is 22.9 Å². The predicted octanol–water partition coefficient (Wildman–Crippen LogP) is 1.38. The number of allylic oxidation sites excluding steroid dienone is 1. The molecule has 1 fully saturated rings. The minimum atomic E-state index is -1.21. The third-order valence-electron chi connectivity index (χ3n) is 4.87. The lowest BCUT2D eigenvalue weighted by Gasteiger charge is -2.49. The molecule has 1 saturated heterocycles. The summed E-state index contributed by atoms with van der Waals surface area (Å²) in [4.78, 5) is 61.7. The van der Waals surface area contributed by atoms with E-state index in [4.69, 9.17) is 20.5 Å². The molecule has 2 aromatic heterocycles. The van der Waals surface area contributed by atoms with Crippen molar-refractivity contribution in [2.24, 2.45) is 5.16 Å². The molecule has 16 heteroatoms. The average Bonchev–Trinajstić information content (AvgIpc) is 3.45. The maximum Gasteiger partial charge on any atom is 0.352 e. The second-order valence-electron chi connectivity index (χ2n) is 7.39. The summed E-state index contributed by atoms with van der Waals surface area (Å²) in [6, 6.07) is -0.913. The zero-order valence-electron chi connectivity index (χ0n) is 19.7. The SMILES string of the molecule is CC(=O)O.CO/N=C(/C(=O)N[C@@H]1C(=O)N2C(C(=O)O)=C(/C=C/c3scnc3C)CS[C@H]12)c1csc(N)n1. The summed E-state index contributed by atoms with van der Waals surface area (Å²) < 4.78 is 0. The lowest BCUT2D eigenvalue weighted by molar-refractivity contribution is -0.150. The molecule has 13 nitrogen and oxygen atoms in total. The first-order valence-corrected chi connectivity index (χ1v) is 13.2. The van der Waals surface area contributed by atoms with Crippen molar-refractivity contribution in [3.63, 3.8) is 0 Å². The van der Waals surface area contributed by atoms with Crippen molar-refractivity contribution >= 4 is 75.1 Å². The highest BCUT2D eigenvalue weighted by atomic mass is 32.2. The van der Waals surface area contributed by atoms with E-state index >= 15 is 0 Å². The van der Waals surface area contributed by atoms with E-state index in [0.717, 1.165) is 28.8 Å². The van der Waals surface area contributed by atoms with Crippen molar-refractivity contribution in [2.45, 2.75) is 25.3 Å². The van der Waals surface area contributed by atoms with Gasteiger partial charge in [0.25, 0.3) is 17.8 Å². The van der Waals surface area contributed by atoms with Gasteiger partial charge in [-0.3, -0.25) is 19.3 Å². The van der Waals surface area contributed by atoms with E-state index in [0.29, 0.717) is 11.3 Å². The first-order chi connectivity index (χ1) is 17.5. The number of anilines is 1. The van der Waals surface area contributed by atoms with Crippen LogP contribution in [0.5, 0.6) is 0 Å². The number of rotatable bonds is 7. The molecule has 0 radical (unpaired) electrons. The lowest BCUT2D eigenvalue weighted by Crippen LogP contribution is -2.71. The molecule has 2 aliphatic heterocycles. The number of hydrogen-bond acceptors (Lipinski definition) is 12. The quantitative estimate of drug-likeness (QED) is 0.215. The monoisotopic (exact) mass is 566 g/mol. The minimum Gasteiger partial charge on any atom is -0.481 e. The van der Waals surface area contributed by atoms with Crippen LogP contribution in [0, 0.1) is 6.92 Å². The van der Waals surface area contributed by atoms with Crippen molar-refractivity contribution in [3.05, 3.63) is 44.5 Å². The van der Waals surface area contributed by atoms with Gasteiger partial charge >= 0.3 is 5.97 Å². The third-order valence-corrected chi connectivity index (χ3v) is 7.74. The van der Waals surface area contributed by atoms with Crippen molar-refractivity contribution in [1.82, 2.24) is 20.2 Å². The smallest absolute Gasteiger partial charge is 0.352 e. The number of thiazole rings is 2. The topological polar surface area (TPSA) is 197 Å². The van der Waals surface area contributed by atoms with Crippen LogP contribution in [-0.4, -0.2) is 78.8 Å². The molecule has 4 heterocycles. The molecule has 2 atom stereocenters. The lowest BCUT2D eigenvalue weighted by atomic mass is 10.0. The van der Waals surface area contributed by atoms with Gasteiger partial charge in [-0.05, 0) is 18.6 Å². The molecule has 0 saturated carbocycles. The highest BCUT2D eigenvalue weighted by Gasteiger charge is 2.54. The minimum absolute atomic E-state index is 0.0919. The molecule has 196 valence electrons. The number of nitrogens with zero attached hydrogens (tertiary/aromatic N) is 4. The number of aryl methyl sites for hydroxylation is 1. The Morgan fingerprint density at radius 1 is 1.30 bits per heavy atom. The van der Waals surface area contributed by atoms with Crippen LogP contribution in [0.25, 0.3) is 6.08 Å². The molecule has 2 aliphatic rings. The van der Waals surface area contributed by atoms with Crippen molar-refractivity contribution in [2.75, 3.05) is 18.6 Å². The average molecular weight is 567 g/mol. The molecular weight excluding hydrogens is 544 g/mol. The number of hydrogen-bond donors (Lipinski definition) is 4. The molecule has 0 aliphatic carbocycles. The van der Waals surface area contributed by atoms with E-state index in [9.17, 15) is 19.5 Å². The Morgan fingerprint density at radius 3 is 2.54 bits per heavy atom. The standard InChI is InChI=1S/C19H18N6O5S3.C2H4O2/c1-8-11(33-7-21-8)4-3-9-5-31-17-13(16(27)25(17)14(9)18(28)29)23-15(26)12(24-30-2)10-6-32-19(20)22-10;1-2(3)4/h3-4,6-7,13,17H,5H2,1-2H3,(H2,20,22)(H,23,26)(H,28,29);1H3,(H,3,4)/b4-3+,24-12+;/t13-,17-;/m1./s1. The Labute approximate surface area is 222 Å². The highest BCUT2D eigenvalue weighted by molar-refractivity contribution is 8.00. The van der Waals surface area contributed by atoms with E-state index < -0.39 is 35.2 Å². The van der Waals surface area contributed by atoms with Gasteiger partial charge in [0.2, 0.25) is 0 Å². The van der Waals surface area contributed by atoms with Crippen molar-refractivity contribution in [3.8, 4) is 0 Å². The first-order valence-electron chi connectivity index (χ1n) is 10.4. The van der Waals surface area contributed by atoms with Crippen LogP contribution in [0.4, 0.5) is 5.13 Å². The molecule has 2 aromatic rings. The van der Waals surface area contributed by atoms with Crippen molar-refractivity contribution in [1.29, 1.82) is 0 Å². The molecule has 0 aromatic carbocycles. The number of thioether (sulfide) groups is 1. The van der Waals surface area contributed by atoms with Crippen LogP contribution in [0.2, 0.25) is 0 Å². The van der Waals surface area contributed by atoms with Crippen LogP contribution >= 0.6 is 34.4 Å². The molecular formula is C21H22N6O7S3. The maximum atomic E-state index is 12.9. The molecule has 0 bridgehead atoms. The Bertz CT molecular complexity index is 1310. The Morgan fingerprint density at radius 2 is 2.00 bits per heavy atom. The number of oxime groups is 1. The normalized spacial score (nSPS) is 19.1. The number of nitrogens with one attached hydrogen (secondary N) is 1. The second-order valence-corrected chi connectivity index (χ2v) is 10.3. The summed E-state index contributed by atoms with van der Waals surface area (Å²) in [7, 11) is 1.28. The second kappa shape index (κ2) is 12.0. The summed E-state index contributed by atoms with van der Waals surface area (Å²) >= 11 is 3.94. The van der Waals surface area contributed by atoms with Gasteiger partial charge in [-0.2, -0.15) is 0 Å². The maximum absolute atomic E-state index is 12.9. The summed E-state index contributed by atoms with van der Waals surface area (Å²) in [5, 5.41) is 24.8. The summed E-state index contributed by atoms with van der Waals surface area (Å²) in [5.74, 6) is -2.88. The zero-order chi connectivity index (χ0) is 27.3. The molecule has 37 heavy (non-hydrogen) atoms. The predicted molar refractivity (Wildman–Crippen MR) is 139 cm³/mol. The Kier molecular flexibility index (Phi) is 9.01. The van der Waals surface area contributed by atoms with Crippen LogP contribution in [-0.2, 0) is 24.0 Å². The van der Waals surface area contributed by atoms with E-state index in [1.807, 2.05) is 6.92 Å². The van der Waals surface area contributed by atoms with Gasteiger partial charge in [0.05, 0.1) is 11.2 Å². The van der Waals surface area contributed by atoms with E-state index in [1.54, 1.807) is 23.0 Å². The van der Waals surface area contributed by atoms with E-state index in [1.165, 1.54) is 35.1 Å². The summed E-state index contributed by atoms with van der Waals surface area (Å²) in [5.41, 5.74) is 8.68. The van der Waals surface area contributed by atoms with E-state index in [2.05, 4.69) is 20.4 Å². The largest absolute Gasteiger partial charge is 0.481 e. The van der Waals surface area contributed by atoms with Gasteiger partial charge in [-0.25, -0.2) is 14.8 Å². The fourth-order valence-electron chi connectivity index (χ4n) is 3.32. The van der Waals surface area contributed by atoms with Crippen LogP contribution in [0.1, 0.15) is 23.2 Å². The number of carbonyl (C=O) groups is 4. The molecule has 0 unspecified atom stereocenters. The number of nitrogen functional groups attached to an aromatic ring is 1. The number of amides is 2. The molecule has 5 N–H and O–H groups in total. The Balaban J connectivity index is 0.000000886. The number of β-lactam (4-membered cyclic amide) rings is 1. The number of aromatic nitrogens is 2. The third kappa shape index (κ3) is 6.33. The number of fused-ring (bicyclic) bond motifs is 1. The van der Waals surface area contributed by atoms with E-state index in [-0.39, 0.29) is 22.2 Å². The number of nitrogens with two attached hydrogens (primary N) is 1.